The summed E-state index contributed by atoms with van der Waals surface area (Å²) in [5.41, 5.74) is 1.42. The van der Waals surface area contributed by atoms with E-state index in [2.05, 4.69) is 5.32 Å². The molecule has 1 amide bonds. The number of phenolic OH excluding ortho intramolecular Hbond substituents is 1. The Morgan fingerprint density at radius 3 is 3.00 bits per heavy atom. The first-order chi connectivity index (χ1) is 8.65. The average Bonchev–Trinajstić information content (AvgIpc) is 2.35. The molecule has 1 aromatic carbocycles. The number of carbonyl (C=O) groups excluding carboxylic acids is 1. The Morgan fingerprint density at radius 2 is 2.33 bits per heavy atom. The van der Waals surface area contributed by atoms with Crippen molar-refractivity contribution in [1.82, 2.24) is 0 Å². The maximum Gasteiger partial charge on any atom is 0.226 e. The summed E-state index contributed by atoms with van der Waals surface area (Å²) in [6.07, 6.45) is 3.59. The predicted octanol–water partition coefficient (Wildman–Crippen LogP) is 2.60. The van der Waals surface area contributed by atoms with Crippen LogP contribution >= 0.6 is 0 Å². The summed E-state index contributed by atoms with van der Waals surface area (Å²) in [5.74, 6) is 0.131. The molecule has 1 aliphatic heterocycles. The summed E-state index contributed by atoms with van der Waals surface area (Å²) in [7, 11) is 0. The van der Waals surface area contributed by atoms with E-state index >= 15 is 0 Å². The van der Waals surface area contributed by atoms with Crippen molar-refractivity contribution in [3.05, 3.63) is 23.8 Å². The number of anilines is 1. The van der Waals surface area contributed by atoms with Crippen LogP contribution in [0.3, 0.4) is 0 Å². The first kappa shape index (κ1) is 12.9. The Bertz CT molecular complexity index is 425. The molecule has 18 heavy (non-hydrogen) atoms. The van der Waals surface area contributed by atoms with Crippen molar-refractivity contribution in [2.24, 2.45) is 0 Å². The predicted molar refractivity (Wildman–Crippen MR) is 69.7 cm³/mol. The van der Waals surface area contributed by atoms with Crippen LogP contribution in [0, 0.1) is 6.92 Å². The molecule has 0 aliphatic carbocycles. The molecule has 1 atom stereocenters. The summed E-state index contributed by atoms with van der Waals surface area (Å²) in [6, 6.07) is 5.13. The monoisotopic (exact) mass is 249 g/mol. The summed E-state index contributed by atoms with van der Waals surface area (Å²) >= 11 is 0. The second-order valence-electron chi connectivity index (χ2n) is 4.74. The third kappa shape index (κ3) is 3.47. The maximum absolute atomic E-state index is 11.8. The highest BCUT2D eigenvalue weighted by Crippen LogP contribution is 2.21. The van der Waals surface area contributed by atoms with Gasteiger partial charge in [0.05, 0.1) is 12.5 Å². The lowest BCUT2D eigenvalue weighted by Gasteiger charge is -2.21. The molecule has 1 aliphatic rings. The van der Waals surface area contributed by atoms with Crippen molar-refractivity contribution in [3.63, 3.8) is 0 Å². The molecule has 1 heterocycles. The number of hydrogen-bond donors (Lipinski definition) is 2. The summed E-state index contributed by atoms with van der Waals surface area (Å²) in [4.78, 5) is 11.8. The third-order valence-electron chi connectivity index (χ3n) is 3.18. The second-order valence-corrected chi connectivity index (χ2v) is 4.74. The highest BCUT2D eigenvalue weighted by atomic mass is 16.5. The molecule has 0 bridgehead atoms. The third-order valence-corrected chi connectivity index (χ3v) is 3.18. The maximum atomic E-state index is 11.8. The number of aryl methyl sites for hydroxylation is 1. The molecular weight excluding hydrogens is 230 g/mol. The number of benzene rings is 1. The fourth-order valence-corrected chi connectivity index (χ4v) is 2.07. The van der Waals surface area contributed by atoms with Crippen LogP contribution in [0.25, 0.3) is 0 Å². The van der Waals surface area contributed by atoms with Crippen LogP contribution in [0.5, 0.6) is 5.75 Å². The lowest BCUT2D eigenvalue weighted by Crippen LogP contribution is -2.25. The van der Waals surface area contributed by atoms with E-state index in [1.54, 1.807) is 18.2 Å². The second kappa shape index (κ2) is 5.87. The zero-order valence-corrected chi connectivity index (χ0v) is 10.6. The van der Waals surface area contributed by atoms with E-state index in [1.165, 1.54) is 0 Å². The number of ether oxygens (including phenoxy) is 1. The van der Waals surface area contributed by atoms with E-state index in [1.807, 2.05) is 6.92 Å². The van der Waals surface area contributed by atoms with Crippen molar-refractivity contribution in [2.45, 2.75) is 38.7 Å². The van der Waals surface area contributed by atoms with Crippen molar-refractivity contribution < 1.29 is 14.6 Å². The highest BCUT2D eigenvalue weighted by molar-refractivity contribution is 5.91. The van der Waals surface area contributed by atoms with Gasteiger partial charge < -0.3 is 15.2 Å². The fourth-order valence-electron chi connectivity index (χ4n) is 2.07. The van der Waals surface area contributed by atoms with Crippen LogP contribution in [0.15, 0.2) is 18.2 Å². The van der Waals surface area contributed by atoms with Crippen LogP contribution in [-0.4, -0.2) is 23.7 Å². The molecule has 98 valence electrons. The minimum absolute atomic E-state index is 0.0396. The minimum atomic E-state index is -0.0647. The number of phenols is 1. The van der Waals surface area contributed by atoms with Gasteiger partial charge in [-0.15, -0.1) is 0 Å². The SMILES string of the molecule is Cc1ccc(NC(=O)CC2CCCCO2)cc1O. The van der Waals surface area contributed by atoms with Gasteiger partial charge in [-0.2, -0.15) is 0 Å². The van der Waals surface area contributed by atoms with Crippen molar-refractivity contribution in [3.8, 4) is 5.75 Å². The number of rotatable bonds is 3. The Balaban J connectivity index is 1.88. The number of aromatic hydroxyl groups is 1. The lowest BCUT2D eigenvalue weighted by molar-refractivity contribution is -0.119. The van der Waals surface area contributed by atoms with Crippen molar-refractivity contribution >= 4 is 11.6 Å². The molecule has 4 heteroatoms. The van der Waals surface area contributed by atoms with Gasteiger partial charge in [0.25, 0.3) is 0 Å². The molecule has 0 radical (unpaired) electrons. The van der Waals surface area contributed by atoms with Crippen LogP contribution in [0.1, 0.15) is 31.2 Å². The first-order valence-electron chi connectivity index (χ1n) is 6.36. The van der Waals surface area contributed by atoms with E-state index in [9.17, 15) is 9.90 Å². The van der Waals surface area contributed by atoms with Gasteiger partial charge in [0.15, 0.2) is 0 Å². The molecule has 1 fully saturated rings. The molecule has 2 N–H and O–H groups in total. The Labute approximate surface area is 107 Å². The van der Waals surface area contributed by atoms with Crippen LogP contribution in [0.4, 0.5) is 5.69 Å². The van der Waals surface area contributed by atoms with Gasteiger partial charge in [-0.25, -0.2) is 0 Å². The number of amides is 1. The average molecular weight is 249 g/mol. The van der Waals surface area contributed by atoms with E-state index in [0.717, 1.165) is 31.4 Å². The molecule has 0 saturated carbocycles. The fraction of sp³-hybridized carbons (Fsp3) is 0.500. The topological polar surface area (TPSA) is 58.6 Å². The normalized spacial score (nSPS) is 19.5. The number of nitrogens with one attached hydrogen (secondary N) is 1. The standard InChI is InChI=1S/C14H19NO3/c1-10-5-6-11(8-13(10)16)15-14(17)9-12-4-2-3-7-18-12/h5-6,8,12,16H,2-4,7,9H2,1H3,(H,15,17). The van der Waals surface area contributed by atoms with Gasteiger partial charge in [0, 0.05) is 18.4 Å². The van der Waals surface area contributed by atoms with E-state index in [0.29, 0.717) is 12.1 Å². The van der Waals surface area contributed by atoms with Gasteiger partial charge in [-0.05, 0) is 37.8 Å². The van der Waals surface area contributed by atoms with Gasteiger partial charge in [0.1, 0.15) is 5.75 Å². The zero-order valence-electron chi connectivity index (χ0n) is 10.6. The smallest absolute Gasteiger partial charge is 0.226 e. The summed E-state index contributed by atoms with van der Waals surface area (Å²) < 4.78 is 5.52. The summed E-state index contributed by atoms with van der Waals surface area (Å²) in [5, 5.41) is 12.3. The number of hydrogen-bond acceptors (Lipinski definition) is 3. The Morgan fingerprint density at radius 1 is 1.50 bits per heavy atom. The molecule has 1 aromatic rings. The van der Waals surface area contributed by atoms with Crippen LogP contribution in [-0.2, 0) is 9.53 Å². The van der Waals surface area contributed by atoms with Crippen molar-refractivity contribution in [1.29, 1.82) is 0 Å². The Hall–Kier alpha value is -1.55. The van der Waals surface area contributed by atoms with Crippen molar-refractivity contribution in [2.75, 3.05) is 11.9 Å². The van der Waals surface area contributed by atoms with Crippen LogP contribution < -0.4 is 5.32 Å². The molecule has 0 spiro atoms. The quantitative estimate of drug-likeness (QED) is 0.865. The number of carbonyl (C=O) groups is 1. The molecule has 1 unspecified atom stereocenters. The molecule has 4 nitrogen and oxygen atoms in total. The van der Waals surface area contributed by atoms with Gasteiger partial charge in [0.2, 0.25) is 5.91 Å². The molecule has 0 aromatic heterocycles. The molecular formula is C14H19NO3. The van der Waals surface area contributed by atoms with Gasteiger partial charge in [-0.3, -0.25) is 4.79 Å². The Kier molecular flexibility index (Phi) is 4.20. The first-order valence-corrected chi connectivity index (χ1v) is 6.36. The molecule has 1 saturated heterocycles. The lowest BCUT2D eigenvalue weighted by atomic mass is 10.1. The van der Waals surface area contributed by atoms with Gasteiger partial charge in [-0.1, -0.05) is 6.07 Å². The van der Waals surface area contributed by atoms with E-state index in [4.69, 9.17) is 4.74 Å². The molecule has 2 rings (SSSR count). The van der Waals surface area contributed by atoms with Crippen LogP contribution in [0.2, 0.25) is 0 Å². The highest BCUT2D eigenvalue weighted by Gasteiger charge is 2.17. The van der Waals surface area contributed by atoms with E-state index < -0.39 is 0 Å². The minimum Gasteiger partial charge on any atom is -0.508 e. The largest absolute Gasteiger partial charge is 0.508 e. The van der Waals surface area contributed by atoms with Gasteiger partial charge >= 0.3 is 0 Å². The zero-order chi connectivity index (χ0) is 13.0. The summed E-state index contributed by atoms with van der Waals surface area (Å²) in [6.45, 7) is 2.57. The van der Waals surface area contributed by atoms with E-state index in [-0.39, 0.29) is 17.8 Å².